The van der Waals surface area contributed by atoms with Gasteiger partial charge in [0.1, 0.15) is 36.0 Å². The average Bonchev–Trinajstić information content (AvgIpc) is 3.46. The molecular weight excluding hydrogens is 450 g/mol. The standard InChI is InChI=1S/C26H29N3O6/c1-13(2)19-9-16-18(35-19)7-6-14(26(16)31)25-24-15-8-21(32-4)22(33-5)10-20(15)34-12-17(24)29(28-25)23(30)11-27-3/h6-8,10,17,19,24,27,31H,1,9,11-12H2,2-5H3/t17?,19-,24?/m1/s1. The minimum Gasteiger partial charge on any atom is -0.507 e. The Morgan fingerprint density at radius 2 is 2.00 bits per heavy atom. The highest BCUT2D eigenvalue weighted by atomic mass is 16.5. The number of phenolic OH excluding ortho intramolecular Hbond substituents is 1. The molecule has 0 saturated carbocycles. The molecule has 3 aliphatic rings. The molecule has 0 spiro atoms. The second-order valence-corrected chi connectivity index (χ2v) is 8.95. The van der Waals surface area contributed by atoms with E-state index in [0.717, 1.165) is 11.1 Å². The van der Waals surface area contributed by atoms with Crippen molar-refractivity contribution < 1.29 is 28.8 Å². The molecule has 2 aromatic rings. The van der Waals surface area contributed by atoms with Crippen LogP contribution in [0.2, 0.25) is 0 Å². The van der Waals surface area contributed by atoms with Crippen LogP contribution in [-0.2, 0) is 11.2 Å². The topological polar surface area (TPSA) is 102 Å². The van der Waals surface area contributed by atoms with E-state index in [0.29, 0.717) is 46.3 Å². The average molecular weight is 480 g/mol. The van der Waals surface area contributed by atoms with E-state index in [-0.39, 0.29) is 42.9 Å². The van der Waals surface area contributed by atoms with Gasteiger partial charge in [-0.25, -0.2) is 5.01 Å². The molecule has 5 rings (SSSR count). The second kappa shape index (κ2) is 8.81. The first-order valence-electron chi connectivity index (χ1n) is 11.5. The minimum atomic E-state index is -0.372. The molecule has 2 unspecified atom stereocenters. The lowest BCUT2D eigenvalue weighted by molar-refractivity contribution is -0.132. The van der Waals surface area contributed by atoms with Crippen molar-refractivity contribution in [2.75, 3.05) is 34.4 Å². The highest BCUT2D eigenvalue weighted by molar-refractivity contribution is 6.10. The molecule has 0 aliphatic carbocycles. The highest BCUT2D eigenvalue weighted by Gasteiger charge is 2.47. The van der Waals surface area contributed by atoms with Crippen molar-refractivity contribution >= 4 is 11.6 Å². The van der Waals surface area contributed by atoms with Gasteiger partial charge in [0, 0.05) is 29.2 Å². The fourth-order valence-corrected chi connectivity index (χ4v) is 5.00. The van der Waals surface area contributed by atoms with E-state index in [2.05, 4.69) is 11.9 Å². The van der Waals surface area contributed by atoms with E-state index in [1.54, 1.807) is 33.4 Å². The number of carbonyl (C=O) groups is 1. The van der Waals surface area contributed by atoms with Crippen molar-refractivity contribution in [2.45, 2.75) is 31.4 Å². The summed E-state index contributed by atoms with van der Waals surface area (Å²) in [4.78, 5) is 13.0. The van der Waals surface area contributed by atoms with Gasteiger partial charge in [-0.1, -0.05) is 6.58 Å². The molecule has 2 N–H and O–H groups in total. The normalized spacial score (nSPS) is 21.8. The van der Waals surface area contributed by atoms with Crippen LogP contribution < -0.4 is 24.3 Å². The molecule has 3 heterocycles. The third kappa shape index (κ3) is 3.67. The first-order chi connectivity index (χ1) is 16.9. The molecule has 3 atom stereocenters. The molecule has 35 heavy (non-hydrogen) atoms. The van der Waals surface area contributed by atoms with E-state index in [1.807, 2.05) is 19.1 Å². The first kappa shape index (κ1) is 23.0. The zero-order valence-corrected chi connectivity index (χ0v) is 20.3. The Morgan fingerprint density at radius 1 is 1.26 bits per heavy atom. The van der Waals surface area contributed by atoms with Gasteiger partial charge in [-0.05, 0) is 37.7 Å². The Hall–Kier alpha value is -3.72. The molecule has 0 bridgehead atoms. The van der Waals surface area contributed by atoms with Gasteiger partial charge in [0.15, 0.2) is 11.5 Å². The summed E-state index contributed by atoms with van der Waals surface area (Å²) >= 11 is 0. The number of rotatable bonds is 6. The second-order valence-electron chi connectivity index (χ2n) is 8.95. The fourth-order valence-electron chi connectivity index (χ4n) is 5.00. The zero-order valence-electron chi connectivity index (χ0n) is 20.3. The number of amides is 1. The van der Waals surface area contributed by atoms with E-state index >= 15 is 0 Å². The summed E-state index contributed by atoms with van der Waals surface area (Å²) in [6.07, 6.45) is 0.345. The number of hydrazone groups is 1. The summed E-state index contributed by atoms with van der Waals surface area (Å²) < 4.78 is 23.0. The van der Waals surface area contributed by atoms with Crippen molar-refractivity contribution in [3.63, 3.8) is 0 Å². The summed E-state index contributed by atoms with van der Waals surface area (Å²) in [7, 11) is 4.85. The molecule has 1 amide bonds. The molecule has 0 fully saturated rings. The number of nitrogens with one attached hydrogen (secondary N) is 1. The summed E-state index contributed by atoms with van der Waals surface area (Å²) in [5.41, 5.74) is 3.58. The van der Waals surface area contributed by atoms with Crippen LogP contribution in [0.4, 0.5) is 0 Å². The monoisotopic (exact) mass is 479 g/mol. The molecular formula is C26H29N3O6. The molecule has 9 nitrogen and oxygen atoms in total. The van der Waals surface area contributed by atoms with Gasteiger partial charge in [0.2, 0.25) is 0 Å². The zero-order chi connectivity index (χ0) is 24.9. The third-order valence-corrected chi connectivity index (χ3v) is 6.78. The van der Waals surface area contributed by atoms with E-state index in [4.69, 9.17) is 24.0 Å². The Bertz CT molecular complexity index is 1240. The van der Waals surface area contributed by atoms with E-state index in [1.165, 1.54) is 5.01 Å². The SMILES string of the molecule is C=C(C)[C@H]1Cc2c(ccc(C3=NN(C(=O)CNC)C4COc5cc(OC)c(OC)cc5C34)c2O)O1. The Balaban J connectivity index is 1.64. The molecule has 2 aromatic carbocycles. The highest BCUT2D eigenvalue weighted by Crippen LogP contribution is 2.48. The van der Waals surface area contributed by atoms with Crippen molar-refractivity contribution in [2.24, 2.45) is 5.10 Å². The van der Waals surface area contributed by atoms with Crippen LogP contribution in [0.25, 0.3) is 0 Å². The lowest BCUT2D eigenvalue weighted by Crippen LogP contribution is -2.45. The predicted molar refractivity (Wildman–Crippen MR) is 130 cm³/mol. The maximum atomic E-state index is 13.0. The van der Waals surface area contributed by atoms with Gasteiger partial charge < -0.3 is 29.4 Å². The van der Waals surface area contributed by atoms with Gasteiger partial charge >= 0.3 is 0 Å². The number of aromatic hydroxyl groups is 1. The van der Waals surface area contributed by atoms with E-state index < -0.39 is 0 Å². The molecule has 184 valence electrons. The summed E-state index contributed by atoms with van der Waals surface area (Å²) in [5.74, 6) is 1.96. The Morgan fingerprint density at radius 3 is 2.69 bits per heavy atom. The van der Waals surface area contributed by atoms with Gasteiger partial charge in [-0.2, -0.15) is 5.10 Å². The first-order valence-corrected chi connectivity index (χ1v) is 11.5. The number of hydrogen-bond acceptors (Lipinski definition) is 8. The predicted octanol–water partition coefficient (Wildman–Crippen LogP) is 2.60. The van der Waals surface area contributed by atoms with Gasteiger partial charge in [0.25, 0.3) is 5.91 Å². The van der Waals surface area contributed by atoms with Crippen LogP contribution in [-0.4, -0.2) is 68.3 Å². The van der Waals surface area contributed by atoms with Crippen LogP contribution in [0, 0.1) is 0 Å². The molecule has 0 aromatic heterocycles. The van der Waals surface area contributed by atoms with E-state index in [9.17, 15) is 9.90 Å². The number of hydrogen-bond donors (Lipinski definition) is 2. The quantitative estimate of drug-likeness (QED) is 0.614. The largest absolute Gasteiger partial charge is 0.507 e. The summed E-state index contributed by atoms with van der Waals surface area (Å²) in [6, 6.07) is 6.92. The third-order valence-electron chi connectivity index (χ3n) is 6.78. The molecule has 0 radical (unpaired) electrons. The Kier molecular flexibility index (Phi) is 5.80. The number of methoxy groups -OCH3 is 2. The molecule has 3 aliphatic heterocycles. The number of likely N-dealkylation sites (N-methyl/N-ethyl adjacent to an activating group) is 1. The molecule has 0 saturated heterocycles. The van der Waals surface area contributed by atoms with Crippen molar-refractivity contribution in [3.8, 4) is 28.7 Å². The number of carbonyl (C=O) groups excluding carboxylic acids is 1. The minimum absolute atomic E-state index is 0.111. The van der Waals surface area contributed by atoms with Gasteiger partial charge in [0.05, 0.1) is 32.4 Å². The number of phenols is 1. The summed E-state index contributed by atoms with van der Waals surface area (Å²) in [5, 5.41) is 20.4. The van der Waals surface area contributed by atoms with Crippen molar-refractivity contribution in [1.82, 2.24) is 10.3 Å². The maximum absolute atomic E-state index is 13.0. The van der Waals surface area contributed by atoms with Crippen LogP contribution in [0.15, 0.2) is 41.5 Å². The van der Waals surface area contributed by atoms with Crippen LogP contribution >= 0.6 is 0 Å². The smallest absolute Gasteiger partial charge is 0.257 e. The maximum Gasteiger partial charge on any atom is 0.257 e. The molecule has 9 heteroatoms. The number of ether oxygens (including phenoxy) is 4. The number of nitrogens with zero attached hydrogens (tertiary/aromatic N) is 2. The van der Waals surface area contributed by atoms with Gasteiger partial charge in [-0.15, -0.1) is 0 Å². The van der Waals surface area contributed by atoms with Crippen molar-refractivity contribution in [1.29, 1.82) is 0 Å². The van der Waals surface area contributed by atoms with Gasteiger partial charge in [-0.3, -0.25) is 4.79 Å². The van der Waals surface area contributed by atoms with Crippen LogP contribution in [0.3, 0.4) is 0 Å². The summed E-state index contributed by atoms with van der Waals surface area (Å²) in [6.45, 7) is 6.28. The Labute approximate surface area is 203 Å². The lowest BCUT2D eigenvalue weighted by Gasteiger charge is -2.33. The number of benzene rings is 2. The fraction of sp³-hybridized carbons (Fsp3) is 0.385. The van der Waals surface area contributed by atoms with Crippen molar-refractivity contribution in [3.05, 3.63) is 53.1 Å². The number of fused-ring (bicyclic) bond motifs is 4. The van der Waals surface area contributed by atoms with Crippen LogP contribution in [0.1, 0.15) is 29.5 Å². The van der Waals surface area contributed by atoms with Crippen LogP contribution in [0.5, 0.6) is 28.7 Å². The lowest BCUT2D eigenvalue weighted by atomic mass is 9.82.